The van der Waals surface area contributed by atoms with Gasteiger partial charge in [-0.1, -0.05) is 19.1 Å². The molecule has 0 radical (unpaired) electrons. The number of guanidine groups is 1. The number of ether oxygens (including phenoxy) is 1. The number of halogens is 1. The van der Waals surface area contributed by atoms with Crippen LogP contribution < -0.4 is 15.8 Å². The number of nitrogens with zero attached hydrogens (tertiary/aromatic N) is 4. The van der Waals surface area contributed by atoms with E-state index in [0.29, 0.717) is 18.4 Å². The standard InChI is InChI=1S/C15H22N6O.HI/c1-11(2)8-17-15(16)18-9-12-10-21(20-19-12)13-4-6-14(22-3)7-5-13;/h4-7,10-11H,8-9H2,1-3H3,(H3,16,17,18);1H. The van der Waals surface area contributed by atoms with Crippen molar-refractivity contribution in [2.45, 2.75) is 20.4 Å². The summed E-state index contributed by atoms with van der Waals surface area (Å²) in [6.07, 6.45) is 1.83. The van der Waals surface area contributed by atoms with Gasteiger partial charge in [-0.2, -0.15) is 0 Å². The molecule has 126 valence electrons. The zero-order valence-corrected chi connectivity index (χ0v) is 15.9. The molecule has 0 saturated carbocycles. The molecule has 1 aromatic carbocycles. The molecule has 0 aliphatic rings. The van der Waals surface area contributed by atoms with Crippen molar-refractivity contribution in [1.29, 1.82) is 0 Å². The summed E-state index contributed by atoms with van der Waals surface area (Å²) in [5.74, 6) is 1.75. The number of aromatic nitrogens is 3. The lowest BCUT2D eigenvalue weighted by Gasteiger charge is -2.07. The Labute approximate surface area is 153 Å². The molecule has 23 heavy (non-hydrogen) atoms. The highest BCUT2D eigenvalue weighted by Gasteiger charge is 2.03. The minimum Gasteiger partial charge on any atom is -0.497 e. The fourth-order valence-corrected chi connectivity index (χ4v) is 1.76. The van der Waals surface area contributed by atoms with Crippen molar-refractivity contribution in [3.05, 3.63) is 36.2 Å². The number of benzene rings is 1. The molecule has 3 N–H and O–H groups in total. The molecule has 0 unspecified atom stereocenters. The predicted molar refractivity (Wildman–Crippen MR) is 101 cm³/mol. The molecule has 0 bridgehead atoms. The third kappa shape index (κ3) is 6.05. The van der Waals surface area contributed by atoms with Gasteiger partial charge in [0.05, 0.1) is 25.5 Å². The van der Waals surface area contributed by atoms with Crippen LogP contribution in [0, 0.1) is 5.92 Å². The Bertz CT molecular complexity index is 623. The predicted octanol–water partition coefficient (Wildman–Crippen LogP) is 1.95. The van der Waals surface area contributed by atoms with Gasteiger partial charge in [-0.15, -0.1) is 29.1 Å². The van der Waals surface area contributed by atoms with Crippen LogP contribution in [0.1, 0.15) is 19.5 Å². The number of hydrogen-bond acceptors (Lipinski definition) is 4. The summed E-state index contributed by atoms with van der Waals surface area (Å²) in [4.78, 5) is 4.25. The summed E-state index contributed by atoms with van der Waals surface area (Å²) in [5, 5.41) is 11.2. The van der Waals surface area contributed by atoms with Crippen molar-refractivity contribution >= 4 is 29.9 Å². The molecule has 1 heterocycles. The molecule has 0 amide bonds. The number of nitrogens with two attached hydrogens (primary N) is 1. The average molecular weight is 430 g/mol. The summed E-state index contributed by atoms with van der Waals surface area (Å²) in [5.41, 5.74) is 7.46. The van der Waals surface area contributed by atoms with E-state index in [1.54, 1.807) is 11.8 Å². The Hall–Kier alpha value is -1.84. The van der Waals surface area contributed by atoms with Crippen molar-refractivity contribution in [1.82, 2.24) is 20.3 Å². The molecule has 2 rings (SSSR count). The van der Waals surface area contributed by atoms with E-state index < -0.39 is 0 Å². The highest BCUT2D eigenvalue weighted by Crippen LogP contribution is 2.14. The van der Waals surface area contributed by atoms with Crippen molar-refractivity contribution in [3.8, 4) is 11.4 Å². The molecule has 2 aromatic rings. The first-order valence-corrected chi connectivity index (χ1v) is 7.18. The fraction of sp³-hybridized carbons (Fsp3) is 0.400. The van der Waals surface area contributed by atoms with Gasteiger partial charge in [0, 0.05) is 6.54 Å². The Morgan fingerprint density at radius 3 is 2.65 bits per heavy atom. The number of hydrogen-bond donors (Lipinski definition) is 2. The molecule has 1 aromatic heterocycles. The zero-order valence-electron chi connectivity index (χ0n) is 13.6. The molecule has 0 aliphatic heterocycles. The van der Waals surface area contributed by atoms with Crippen LogP contribution in [-0.4, -0.2) is 34.6 Å². The van der Waals surface area contributed by atoms with E-state index in [1.807, 2.05) is 30.5 Å². The average Bonchev–Trinajstić information content (AvgIpc) is 3.00. The van der Waals surface area contributed by atoms with E-state index in [2.05, 4.69) is 34.5 Å². The summed E-state index contributed by atoms with van der Waals surface area (Å²) in [7, 11) is 1.64. The smallest absolute Gasteiger partial charge is 0.188 e. The van der Waals surface area contributed by atoms with E-state index in [-0.39, 0.29) is 24.0 Å². The van der Waals surface area contributed by atoms with Crippen molar-refractivity contribution in [3.63, 3.8) is 0 Å². The van der Waals surface area contributed by atoms with E-state index >= 15 is 0 Å². The van der Waals surface area contributed by atoms with Crippen LogP contribution >= 0.6 is 24.0 Å². The van der Waals surface area contributed by atoms with E-state index in [1.165, 1.54) is 0 Å². The Balaban J connectivity index is 0.00000264. The maximum absolute atomic E-state index is 5.79. The van der Waals surface area contributed by atoms with E-state index in [9.17, 15) is 0 Å². The number of methoxy groups -OCH3 is 1. The van der Waals surface area contributed by atoms with Crippen molar-refractivity contribution in [2.24, 2.45) is 16.6 Å². The lowest BCUT2D eigenvalue weighted by atomic mass is 10.2. The molecule has 0 saturated heterocycles. The second-order valence-corrected chi connectivity index (χ2v) is 5.33. The highest BCUT2D eigenvalue weighted by molar-refractivity contribution is 14.0. The topological polar surface area (TPSA) is 90.3 Å². The molecular weight excluding hydrogens is 407 g/mol. The monoisotopic (exact) mass is 430 g/mol. The molecule has 0 fully saturated rings. The third-order valence-corrected chi connectivity index (χ3v) is 2.98. The molecule has 0 spiro atoms. The van der Waals surface area contributed by atoms with Gasteiger partial charge in [-0.3, -0.25) is 0 Å². The second kappa shape index (κ2) is 9.33. The van der Waals surface area contributed by atoms with E-state index in [4.69, 9.17) is 10.5 Å². The number of aliphatic imine (C=N–C) groups is 1. The van der Waals surface area contributed by atoms with Crippen molar-refractivity contribution < 1.29 is 4.74 Å². The maximum Gasteiger partial charge on any atom is 0.188 e. The van der Waals surface area contributed by atoms with Crippen LogP contribution in [0.15, 0.2) is 35.5 Å². The van der Waals surface area contributed by atoms with E-state index in [0.717, 1.165) is 23.7 Å². The normalized spacial score (nSPS) is 11.2. The molecule has 0 atom stereocenters. The van der Waals surface area contributed by atoms with Crippen LogP contribution in [0.3, 0.4) is 0 Å². The first-order valence-electron chi connectivity index (χ1n) is 7.18. The lowest BCUT2D eigenvalue weighted by Crippen LogP contribution is -2.34. The van der Waals surface area contributed by atoms with Gasteiger partial charge < -0.3 is 15.8 Å². The lowest BCUT2D eigenvalue weighted by molar-refractivity contribution is 0.414. The van der Waals surface area contributed by atoms with Crippen LogP contribution in [0.5, 0.6) is 5.75 Å². The fourth-order valence-electron chi connectivity index (χ4n) is 1.76. The number of nitrogens with one attached hydrogen (secondary N) is 1. The van der Waals surface area contributed by atoms with Crippen LogP contribution in [0.25, 0.3) is 5.69 Å². The molecule has 7 nitrogen and oxygen atoms in total. The Kier molecular flexibility index (Phi) is 7.79. The highest BCUT2D eigenvalue weighted by atomic mass is 127. The van der Waals surface area contributed by atoms with Crippen LogP contribution in [0.2, 0.25) is 0 Å². The summed E-state index contributed by atoms with van der Waals surface area (Å²) in [6, 6.07) is 7.59. The first kappa shape index (κ1) is 19.2. The van der Waals surface area contributed by atoms with Gasteiger partial charge in [0.25, 0.3) is 0 Å². The summed E-state index contributed by atoms with van der Waals surface area (Å²) < 4.78 is 6.83. The largest absolute Gasteiger partial charge is 0.497 e. The number of rotatable bonds is 6. The SMILES string of the molecule is COc1ccc(-n2cc(CN=C(N)NCC(C)C)nn2)cc1.I. The van der Waals surface area contributed by atoms with Gasteiger partial charge in [0.15, 0.2) is 5.96 Å². The van der Waals surface area contributed by atoms with Crippen LogP contribution in [0.4, 0.5) is 0 Å². The van der Waals surface area contributed by atoms with Gasteiger partial charge in [0.2, 0.25) is 0 Å². The van der Waals surface area contributed by atoms with Gasteiger partial charge in [-0.25, -0.2) is 9.67 Å². The minimum absolute atomic E-state index is 0. The minimum atomic E-state index is 0. The van der Waals surface area contributed by atoms with Crippen molar-refractivity contribution in [2.75, 3.05) is 13.7 Å². The van der Waals surface area contributed by atoms with Crippen LogP contribution in [-0.2, 0) is 6.54 Å². The quantitative estimate of drug-likeness (QED) is 0.416. The second-order valence-electron chi connectivity index (χ2n) is 5.33. The molecular formula is C15H23IN6O. The summed E-state index contributed by atoms with van der Waals surface area (Å²) in [6.45, 7) is 5.42. The first-order chi connectivity index (χ1) is 10.6. The maximum atomic E-state index is 5.79. The molecule has 8 heteroatoms. The third-order valence-electron chi connectivity index (χ3n) is 2.98. The van der Waals surface area contributed by atoms with Gasteiger partial charge in [-0.05, 0) is 30.2 Å². The summed E-state index contributed by atoms with van der Waals surface area (Å²) >= 11 is 0. The zero-order chi connectivity index (χ0) is 15.9. The van der Waals surface area contributed by atoms with Gasteiger partial charge in [0.1, 0.15) is 11.4 Å². The Morgan fingerprint density at radius 2 is 2.04 bits per heavy atom. The van der Waals surface area contributed by atoms with Gasteiger partial charge >= 0.3 is 0 Å². The molecule has 0 aliphatic carbocycles. The Morgan fingerprint density at radius 1 is 1.35 bits per heavy atom.